The molecule has 2 aliphatic rings. The van der Waals surface area contributed by atoms with Gasteiger partial charge in [0, 0.05) is 33.3 Å². The first kappa shape index (κ1) is 20.4. The number of carbonyl (C=O) groups excluding carboxylic acids is 1. The number of anilines is 1. The Morgan fingerprint density at radius 3 is 2.55 bits per heavy atom. The zero-order chi connectivity index (χ0) is 21.8. The van der Waals surface area contributed by atoms with Crippen LogP contribution in [0.2, 0.25) is 10.0 Å². The van der Waals surface area contributed by atoms with Gasteiger partial charge in [0.25, 0.3) is 0 Å². The highest BCUT2D eigenvalue weighted by Crippen LogP contribution is 2.57. The van der Waals surface area contributed by atoms with Gasteiger partial charge >= 0.3 is 0 Å². The highest BCUT2D eigenvalue weighted by Gasteiger charge is 2.59. The summed E-state index contributed by atoms with van der Waals surface area (Å²) in [7, 11) is 0. The Morgan fingerprint density at radius 2 is 1.77 bits per heavy atom. The summed E-state index contributed by atoms with van der Waals surface area (Å²) in [6.45, 7) is 0.552. The summed E-state index contributed by atoms with van der Waals surface area (Å²) in [5.74, 6) is -1.90. The third-order valence-electron chi connectivity index (χ3n) is 6.36. The summed E-state index contributed by atoms with van der Waals surface area (Å²) in [4.78, 5) is 13.7. The highest BCUT2D eigenvalue weighted by atomic mass is 35.5. The molecule has 2 aliphatic heterocycles. The van der Waals surface area contributed by atoms with Crippen molar-refractivity contribution < 1.29 is 13.6 Å². The van der Waals surface area contributed by atoms with Gasteiger partial charge in [-0.2, -0.15) is 0 Å². The van der Waals surface area contributed by atoms with Crippen molar-refractivity contribution in [2.24, 2.45) is 0 Å². The second-order valence-corrected chi connectivity index (χ2v) is 8.84. The van der Waals surface area contributed by atoms with E-state index >= 15 is 0 Å². The summed E-state index contributed by atoms with van der Waals surface area (Å²) in [6, 6.07) is 15.4. The Morgan fingerprint density at radius 1 is 0.968 bits per heavy atom. The number of benzene rings is 3. The largest absolute Gasteiger partial charge is 0.325 e. The van der Waals surface area contributed by atoms with E-state index in [9.17, 15) is 13.6 Å². The number of amides is 1. The number of rotatable bonds is 2. The minimum absolute atomic E-state index is 0.242. The van der Waals surface area contributed by atoms with E-state index < -0.39 is 23.1 Å². The fraction of sp³-hybridized carbons (Fsp3) is 0.208. The standard InChI is InChI=1S/C24H18Cl2F2N2O/c25-14-3-1-2-13(10-14)18-8-9-29-22(17-6-5-16(27)12-20(17)28)24(18)19-7-4-15(26)11-21(19)30-23(24)31/h1-7,10-12,18,22,29H,8-9H2,(H,30,31)/t18-,22+,24+/m0/s1. The van der Waals surface area contributed by atoms with Crippen LogP contribution in [0.1, 0.15) is 35.1 Å². The fourth-order valence-electron chi connectivity index (χ4n) is 5.17. The van der Waals surface area contributed by atoms with E-state index in [1.165, 1.54) is 12.1 Å². The van der Waals surface area contributed by atoms with Crippen LogP contribution in [0.25, 0.3) is 0 Å². The lowest BCUT2D eigenvalue weighted by molar-refractivity contribution is -0.123. The topological polar surface area (TPSA) is 41.1 Å². The summed E-state index contributed by atoms with van der Waals surface area (Å²) in [5, 5.41) is 7.34. The summed E-state index contributed by atoms with van der Waals surface area (Å²) < 4.78 is 28.6. The lowest BCUT2D eigenvalue weighted by atomic mass is 9.59. The molecule has 1 amide bonds. The van der Waals surface area contributed by atoms with Crippen LogP contribution >= 0.6 is 23.2 Å². The number of piperidine rings is 1. The van der Waals surface area contributed by atoms with Gasteiger partial charge in [0.2, 0.25) is 5.91 Å². The molecule has 1 saturated heterocycles. The van der Waals surface area contributed by atoms with Crippen LogP contribution in [-0.2, 0) is 10.2 Å². The van der Waals surface area contributed by atoms with E-state index in [4.69, 9.17) is 23.2 Å². The predicted molar refractivity (Wildman–Crippen MR) is 118 cm³/mol. The monoisotopic (exact) mass is 458 g/mol. The van der Waals surface area contributed by atoms with Crippen LogP contribution in [0, 0.1) is 11.6 Å². The Labute approximate surface area is 188 Å². The summed E-state index contributed by atoms with van der Waals surface area (Å²) in [6.07, 6.45) is 0.634. The van der Waals surface area contributed by atoms with Crippen molar-refractivity contribution in [3.05, 3.63) is 99.0 Å². The van der Waals surface area contributed by atoms with E-state index in [-0.39, 0.29) is 17.4 Å². The highest BCUT2D eigenvalue weighted by molar-refractivity contribution is 6.31. The smallest absolute Gasteiger partial charge is 0.237 e. The van der Waals surface area contributed by atoms with Crippen LogP contribution in [0.4, 0.5) is 14.5 Å². The average Bonchev–Trinajstić information content (AvgIpc) is 3.00. The van der Waals surface area contributed by atoms with Crippen LogP contribution in [0.15, 0.2) is 60.7 Å². The molecule has 158 valence electrons. The van der Waals surface area contributed by atoms with Crippen LogP contribution in [0.5, 0.6) is 0 Å². The molecule has 5 rings (SSSR count). The summed E-state index contributed by atoms with van der Waals surface area (Å²) >= 11 is 12.5. The molecule has 3 aromatic rings. The molecule has 3 aromatic carbocycles. The minimum Gasteiger partial charge on any atom is -0.325 e. The van der Waals surface area contributed by atoms with E-state index in [0.717, 1.165) is 17.2 Å². The molecule has 7 heteroatoms. The zero-order valence-electron chi connectivity index (χ0n) is 16.3. The molecule has 0 bridgehead atoms. The number of carbonyl (C=O) groups is 1. The van der Waals surface area contributed by atoms with E-state index in [1.807, 2.05) is 24.3 Å². The van der Waals surface area contributed by atoms with Gasteiger partial charge in [0.05, 0.1) is 6.04 Å². The van der Waals surface area contributed by atoms with E-state index in [0.29, 0.717) is 28.7 Å². The van der Waals surface area contributed by atoms with Crippen molar-refractivity contribution >= 4 is 34.8 Å². The Bertz CT molecular complexity index is 1200. The van der Waals surface area contributed by atoms with Gasteiger partial charge in [-0.25, -0.2) is 8.78 Å². The molecule has 1 spiro atoms. The molecule has 0 aromatic heterocycles. The van der Waals surface area contributed by atoms with Gasteiger partial charge in [0.1, 0.15) is 17.0 Å². The van der Waals surface area contributed by atoms with E-state index in [1.54, 1.807) is 18.2 Å². The van der Waals surface area contributed by atoms with Gasteiger partial charge in [-0.1, -0.05) is 47.5 Å². The van der Waals surface area contributed by atoms with Crippen molar-refractivity contribution in [3.63, 3.8) is 0 Å². The first-order chi connectivity index (χ1) is 14.9. The molecule has 2 N–H and O–H groups in total. The molecule has 0 unspecified atom stereocenters. The van der Waals surface area contributed by atoms with Crippen LogP contribution in [-0.4, -0.2) is 12.5 Å². The molecular weight excluding hydrogens is 441 g/mol. The molecule has 2 heterocycles. The third-order valence-corrected chi connectivity index (χ3v) is 6.83. The van der Waals surface area contributed by atoms with Crippen LogP contribution < -0.4 is 10.6 Å². The predicted octanol–water partition coefficient (Wildman–Crippen LogP) is 5.98. The van der Waals surface area contributed by atoms with Crippen molar-refractivity contribution in [1.29, 1.82) is 0 Å². The molecule has 3 atom stereocenters. The first-order valence-electron chi connectivity index (χ1n) is 9.96. The van der Waals surface area contributed by atoms with Gasteiger partial charge < -0.3 is 10.6 Å². The lowest BCUT2D eigenvalue weighted by Crippen LogP contribution is -2.55. The number of hydrogen-bond acceptors (Lipinski definition) is 2. The van der Waals surface area contributed by atoms with Crippen molar-refractivity contribution in [2.45, 2.75) is 23.8 Å². The maximum Gasteiger partial charge on any atom is 0.237 e. The van der Waals surface area contributed by atoms with Gasteiger partial charge in [-0.15, -0.1) is 0 Å². The number of hydrogen-bond donors (Lipinski definition) is 2. The zero-order valence-corrected chi connectivity index (χ0v) is 17.8. The molecule has 0 aliphatic carbocycles. The second-order valence-electron chi connectivity index (χ2n) is 7.96. The van der Waals surface area contributed by atoms with Gasteiger partial charge in [0.15, 0.2) is 0 Å². The third kappa shape index (κ3) is 3.15. The summed E-state index contributed by atoms with van der Waals surface area (Å²) in [5.41, 5.74) is 1.29. The SMILES string of the molecule is O=C1Nc2cc(Cl)ccc2[C@]12[C@@H](c1ccc(F)cc1F)NCC[C@H]2c1cccc(Cl)c1. The normalized spacial score (nSPS) is 24.8. The molecule has 0 radical (unpaired) electrons. The van der Waals surface area contributed by atoms with Crippen molar-refractivity contribution in [3.8, 4) is 0 Å². The Hall–Kier alpha value is -2.47. The number of nitrogens with one attached hydrogen (secondary N) is 2. The number of fused-ring (bicyclic) bond motifs is 2. The molecule has 0 saturated carbocycles. The van der Waals surface area contributed by atoms with Crippen molar-refractivity contribution in [2.75, 3.05) is 11.9 Å². The molecule has 3 nitrogen and oxygen atoms in total. The van der Waals surface area contributed by atoms with Crippen molar-refractivity contribution in [1.82, 2.24) is 5.32 Å². The quantitative estimate of drug-likeness (QED) is 0.495. The maximum absolute atomic E-state index is 15.0. The molecular formula is C24H18Cl2F2N2O. The van der Waals surface area contributed by atoms with Crippen LogP contribution in [0.3, 0.4) is 0 Å². The first-order valence-corrected chi connectivity index (χ1v) is 10.7. The average molecular weight is 459 g/mol. The lowest BCUT2D eigenvalue weighted by Gasteiger charge is -2.47. The number of halogens is 4. The fourth-order valence-corrected chi connectivity index (χ4v) is 5.54. The van der Waals surface area contributed by atoms with Gasteiger partial charge in [-0.05, 0) is 54.4 Å². The van der Waals surface area contributed by atoms with E-state index in [2.05, 4.69) is 10.6 Å². The Balaban J connectivity index is 1.79. The second kappa shape index (κ2) is 7.59. The van der Waals surface area contributed by atoms with Gasteiger partial charge in [-0.3, -0.25) is 4.79 Å². The molecule has 1 fully saturated rings. The maximum atomic E-state index is 15.0. The molecule has 31 heavy (non-hydrogen) atoms. The minimum atomic E-state index is -1.17. The Kier molecular flexibility index (Phi) is 5.00.